The van der Waals surface area contributed by atoms with Crippen molar-refractivity contribution in [3.8, 4) is 0 Å². The van der Waals surface area contributed by atoms with Gasteiger partial charge in [0, 0.05) is 6.04 Å². The molecule has 0 saturated heterocycles. The van der Waals surface area contributed by atoms with Crippen molar-refractivity contribution in [1.29, 1.82) is 0 Å². The van der Waals surface area contributed by atoms with Crippen LogP contribution in [0.25, 0.3) is 0 Å². The van der Waals surface area contributed by atoms with Crippen molar-refractivity contribution in [2.45, 2.75) is 50.0 Å². The molecule has 0 unspecified atom stereocenters. The van der Waals surface area contributed by atoms with E-state index in [0.717, 1.165) is 31.2 Å². The highest BCUT2D eigenvalue weighted by Gasteiger charge is 2.28. The highest BCUT2D eigenvalue weighted by atomic mass is 32.2. The molecule has 0 radical (unpaired) electrons. The molecule has 27 heavy (non-hydrogen) atoms. The number of hydrogen-bond acceptors (Lipinski definition) is 3. The predicted octanol–water partition coefficient (Wildman–Crippen LogP) is 3.64. The van der Waals surface area contributed by atoms with Crippen molar-refractivity contribution >= 4 is 21.6 Å². The number of rotatable bonds is 6. The van der Waals surface area contributed by atoms with E-state index in [1.54, 1.807) is 48.5 Å². The number of carbonyl (C=O) groups excluding carboxylic acids is 1. The zero-order valence-electron chi connectivity index (χ0n) is 15.6. The van der Waals surface area contributed by atoms with Crippen LogP contribution in [0.4, 0.5) is 5.69 Å². The van der Waals surface area contributed by atoms with Crippen molar-refractivity contribution in [3.63, 3.8) is 0 Å². The topological polar surface area (TPSA) is 66.5 Å². The molecular formula is C21H26N2O3S. The predicted molar refractivity (Wildman–Crippen MR) is 107 cm³/mol. The van der Waals surface area contributed by atoms with Crippen molar-refractivity contribution < 1.29 is 13.2 Å². The second kappa shape index (κ2) is 8.57. The van der Waals surface area contributed by atoms with E-state index in [4.69, 9.17) is 0 Å². The average Bonchev–Trinajstić information content (AvgIpc) is 2.68. The molecule has 0 spiro atoms. The Morgan fingerprint density at radius 1 is 1.00 bits per heavy atom. The Labute approximate surface area is 161 Å². The van der Waals surface area contributed by atoms with Crippen LogP contribution in [0.1, 0.15) is 37.7 Å². The molecule has 144 valence electrons. The van der Waals surface area contributed by atoms with Gasteiger partial charge in [-0.1, -0.05) is 55.2 Å². The van der Waals surface area contributed by atoms with E-state index < -0.39 is 10.0 Å². The Hall–Kier alpha value is -2.34. The Morgan fingerprint density at radius 3 is 2.26 bits per heavy atom. The summed E-state index contributed by atoms with van der Waals surface area (Å²) in [7, 11) is -3.83. The monoisotopic (exact) mass is 386 g/mol. The van der Waals surface area contributed by atoms with Gasteiger partial charge in [0.25, 0.3) is 10.0 Å². The fourth-order valence-electron chi connectivity index (χ4n) is 3.40. The van der Waals surface area contributed by atoms with Crippen LogP contribution in [0.2, 0.25) is 0 Å². The van der Waals surface area contributed by atoms with Crippen LogP contribution in [-0.2, 0) is 14.8 Å². The van der Waals surface area contributed by atoms with Crippen molar-refractivity contribution in [3.05, 3.63) is 60.2 Å². The van der Waals surface area contributed by atoms with E-state index in [-0.39, 0.29) is 23.4 Å². The molecule has 5 nitrogen and oxygen atoms in total. The van der Waals surface area contributed by atoms with Gasteiger partial charge in [-0.3, -0.25) is 9.10 Å². The molecule has 0 bridgehead atoms. The minimum absolute atomic E-state index is 0.144. The average molecular weight is 387 g/mol. The smallest absolute Gasteiger partial charge is 0.264 e. The summed E-state index contributed by atoms with van der Waals surface area (Å²) < 4.78 is 27.6. The van der Waals surface area contributed by atoms with E-state index in [9.17, 15) is 13.2 Å². The van der Waals surface area contributed by atoms with Crippen molar-refractivity contribution in [2.24, 2.45) is 0 Å². The Bertz CT molecular complexity index is 858. The number of benzene rings is 2. The molecule has 1 aliphatic carbocycles. The second-order valence-electron chi connectivity index (χ2n) is 7.06. The maximum atomic E-state index is 13.2. The lowest BCUT2D eigenvalue weighted by molar-refractivity contribution is -0.120. The summed E-state index contributed by atoms with van der Waals surface area (Å²) in [6.45, 7) is 1.68. The molecule has 1 fully saturated rings. The van der Waals surface area contributed by atoms with Gasteiger partial charge in [0.2, 0.25) is 5.91 Å². The van der Waals surface area contributed by atoms with Crippen LogP contribution in [0.15, 0.2) is 59.5 Å². The Morgan fingerprint density at radius 2 is 1.63 bits per heavy atom. The first-order chi connectivity index (χ1) is 13.0. The fraction of sp³-hybridized carbons (Fsp3) is 0.381. The summed E-state index contributed by atoms with van der Waals surface area (Å²) in [6.07, 6.45) is 5.33. The quantitative estimate of drug-likeness (QED) is 0.824. The molecule has 1 aliphatic rings. The third-order valence-corrected chi connectivity index (χ3v) is 6.70. The molecule has 3 rings (SSSR count). The molecular weight excluding hydrogens is 360 g/mol. The largest absolute Gasteiger partial charge is 0.352 e. The van der Waals surface area contributed by atoms with Crippen LogP contribution >= 0.6 is 0 Å². The molecule has 2 aromatic rings. The van der Waals surface area contributed by atoms with E-state index >= 15 is 0 Å². The zero-order chi connectivity index (χ0) is 19.3. The van der Waals surface area contributed by atoms with Gasteiger partial charge in [-0.2, -0.15) is 0 Å². The summed E-state index contributed by atoms with van der Waals surface area (Å²) in [5, 5.41) is 3.01. The van der Waals surface area contributed by atoms with Gasteiger partial charge < -0.3 is 5.32 Å². The first kappa shape index (κ1) is 19.4. The SMILES string of the molecule is Cc1ccc(S(=O)(=O)N(CC(=O)NC2CCCCC2)c2ccccc2)cc1. The number of hydrogen-bond donors (Lipinski definition) is 1. The maximum absolute atomic E-state index is 13.2. The van der Waals surface area contributed by atoms with E-state index in [0.29, 0.717) is 5.69 Å². The lowest BCUT2D eigenvalue weighted by Gasteiger charge is -2.27. The second-order valence-corrected chi connectivity index (χ2v) is 8.93. The molecule has 0 atom stereocenters. The minimum Gasteiger partial charge on any atom is -0.352 e. The van der Waals surface area contributed by atoms with Gasteiger partial charge in [-0.05, 0) is 44.0 Å². The lowest BCUT2D eigenvalue weighted by atomic mass is 9.95. The van der Waals surface area contributed by atoms with E-state index in [1.807, 2.05) is 13.0 Å². The number of sulfonamides is 1. The summed E-state index contributed by atoms with van der Waals surface area (Å²) in [5.74, 6) is -0.263. The standard InChI is InChI=1S/C21H26N2O3S/c1-17-12-14-20(15-13-17)27(25,26)23(19-10-6-3-7-11-19)16-21(24)22-18-8-4-2-5-9-18/h3,6-7,10-15,18H,2,4-5,8-9,16H2,1H3,(H,22,24). The lowest BCUT2D eigenvalue weighted by Crippen LogP contribution is -2.44. The van der Waals surface area contributed by atoms with E-state index in [1.165, 1.54) is 10.7 Å². The van der Waals surface area contributed by atoms with Crippen LogP contribution in [0, 0.1) is 6.92 Å². The maximum Gasteiger partial charge on any atom is 0.264 e. The number of nitrogens with zero attached hydrogens (tertiary/aromatic N) is 1. The van der Waals surface area contributed by atoms with Gasteiger partial charge in [-0.25, -0.2) is 8.42 Å². The number of carbonyl (C=O) groups is 1. The highest BCUT2D eigenvalue weighted by Crippen LogP contribution is 2.24. The summed E-state index contributed by atoms with van der Waals surface area (Å²) in [4.78, 5) is 12.8. The fourth-order valence-corrected chi connectivity index (χ4v) is 4.82. The van der Waals surface area contributed by atoms with Gasteiger partial charge in [-0.15, -0.1) is 0 Å². The third-order valence-electron chi connectivity index (χ3n) is 4.91. The molecule has 0 aromatic heterocycles. The first-order valence-electron chi connectivity index (χ1n) is 9.40. The summed E-state index contributed by atoms with van der Waals surface area (Å²) >= 11 is 0. The molecule has 0 heterocycles. The summed E-state index contributed by atoms with van der Waals surface area (Å²) in [6, 6.07) is 15.6. The normalized spacial score (nSPS) is 15.3. The number of nitrogens with one attached hydrogen (secondary N) is 1. The summed E-state index contributed by atoms with van der Waals surface area (Å²) in [5.41, 5.74) is 1.46. The Kier molecular flexibility index (Phi) is 6.16. The highest BCUT2D eigenvalue weighted by molar-refractivity contribution is 7.92. The van der Waals surface area contributed by atoms with E-state index in [2.05, 4.69) is 5.32 Å². The molecule has 6 heteroatoms. The minimum atomic E-state index is -3.83. The molecule has 2 aromatic carbocycles. The molecule has 1 saturated carbocycles. The van der Waals surface area contributed by atoms with Crippen molar-refractivity contribution in [1.82, 2.24) is 5.32 Å². The third kappa shape index (κ3) is 4.89. The van der Waals surface area contributed by atoms with Crippen molar-refractivity contribution in [2.75, 3.05) is 10.8 Å². The molecule has 1 amide bonds. The number of para-hydroxylation sites is 1. The first-order valence-corrected chi connectivity index (χ1v) is 10.8. The molecule has 1 N–H and O–H groups in total. The van der Waals surface area contributed by atoms with Crippen LogP contribution in [0.3, 0.4) is 0 Å². The number of aryl methyl sites for hydroxylation is 1. The Balaban J connectivity index is 1.85. The van der Waals surface area contributed by atoms with Gasteiger partial charge >= 0.3 is 0 Å². The van der Waals surface area contributed by atoms with Crippen LogP contribution in [0.5, 0.6) is 0 Å². The molecule has 0 aliphatic heterocycles. The van der Waals surface area contributed by atoms with Gasteiger partial charge in [0.1, 0.15) is 6.54 Å². The van der Waals surface area contributed by atoms with Gasteiger partial charge in [0.05, 0.1) is 10.6 Å². The zero-order valence-corrected chi connectivity index (χ0v) is 16.4. The van der Waals surface area contributed by atoms with Crippen LogP contribution < -0.4 is 9.62 Å². The number of amides is 1. The van der Waals surface area contributed by atoms with Gasteiger partial charge in [0.15, 0.2) is 0 Å². The number of anilines is 1. The van der Waals surface area contributed by atoms with Crippen LogP contribution in [-0.4, -0.2) is 26.9 Å².